The van der Waals surface area contributed by atoms with Gasteiger partial charge in [-0.1, -0.05) is 72.8 Å². The summed E-state index contributed by atoms with van der Waals surface area (Å²) in [5.74, 6) is -3.29. The maximum atomic E-state index is 14.0. The Hall–Kier alpha value is -6.37. The molecule has 1 aliphatic carbocycles. The van der Waals surface area contributed by atoms with Crippen LogP contribution in [-0.4, -0.2) is 80.7 Å². The minimum atomic E-state index is -1.33. The molecule has 8 N–H and O–H groups in total. The summed E-state index contributed by atoms with van der Waals surface area (Å²) in [5, 5.41) is 37.6. The summed E-state index contributed by atoms with van der Waals surface area (Å²) in [7, 11) is 0. The Kier molecular flexibility index (Phi) is 11.4. The maximum Gasteiger partial charge on any atom is 0.408 e. The Bertz CT molecular complexity index is 1900. The van der Waals surface area contributed by atoms with Crippen molar-refractivity contribution in [2.45, 2.75) is 56.8 Å². The summed E-state index contributed by atoms with van der Waals surface area (Å²) in [5.41, 5.74) is 10.5. The predicted octanol–water partition coefficient (Wildman–Crippen LogP) is 3.02. The fourth-order valence-corrected chi connectivity index (χ4v) is 6.36. The van der Waals surface area contributed by atoms with Gasteiger partial charge in [-0.05, 0) is 71.5 Å². The summed E-state index contributed by atoms with van der Waals surface area (Å²) in [6.45, 7) is 2.75. The van der Waals surface area contributed by atoms with Crippen LogP contribution >= 0.6 is 0 Å². The predicted molar refractivity (Wildman–Crippen MR) is 192 cm³/mol. The van der Waals surface area contributed by atoms with Crippen LogP contribution in [0.2, 0.25) is 0 Å². The number of carbonyl (C=O) groups excluding carboxylic acids is 4. The molecule has 5 amide bonds. The van der Waals surface area contributed by atoms with Gasteiger partial charge in [-0.2, -0.15) is 0 Å². The van der Waals surface area contributed by atoms with E-state index in [1.807, 2.05) is 48.5 Å². The van der Waals surface area contributed by atoms with Crippen LogP contribution in [0.4, 0.5) is 4.79 Å². The molecule has 0 unspecified atom stereocenters. The number of amides is 5. The van der Waals surface area contributed by atoms with Crippen LogP contribution in [-0.2, 0) is 32.0 Å². The Morgan fingerprint density at radius 1 is 0.654 bits per heavy atom. The van der Waals surface area contributed by atoms with E-state index in [1.165, 1.54) is 38.1 Å². The number of nitrogens with one attached hydrogen (secondary N) is 3. The van der Waals surface area contributed by atoms with E-state index in [1.54, 1.807) is 24.3 Å². The van der Waals surface area contributed by atoms with Gasteiger partial charge < -0.3 is 37.0 Å². The number of phenolic OH excluding ortho intramolecular Hbond substituents is 2. The number of nitrogens with two attached hydrogens (primary N) is 1. The Balaban J connectivity index is 1.30. The van der Waals surface area contributed by atoms with Crippen LogP contribution in [0.25, 0.3) is 11.1 Å². The van der Waals surface area contributed by atoms with Gasteiger partial charge in [0.1, 0.15) is 35.7 Å². The van der Waals surface area contributed by atoms with E-state index in [-0.39, 0.29) is 36.8 Å². The molecule has 0 spiro atoms. The number of benzene rings is 4. The number of rotatable bonds is 14. The summed E-state index contributed by atoms with van der Waals surface area (Å²) < 4.78 is 0. The molecule has 4 aromatic carbocycles. The zero-order chi connectivity index (χ0) is 37.5. The molecule has 13 heteroatoms. The molecule has 0 aliphatic heterocycles. The Labute approximate surface area is 300 Å². The van der Waals surface area contributed by atoms with Gasteiger partial charge in [0.15, 0.2) is 0 Å². The highest BCUT2D eigenvalue weighted by Crippen LogP contribution is 2.45. The van der Waals surface area contributed by atoms with E-state index in [0.717, 1.165) is 27.2 Å². The highest BCUT2D eigenvalue weighted by molar-refractivity contribution is 5.95. The molecule has 4 aromatic rings. The van der Waals surface area contributed by atoms with Gasteiger partial charge in [-0.15, -0.1) is 0 Å². The minimum absolute atomic E-state index is 0.00460. The highest BCUT2D eigenvalue weighted by atomic mass is 16.4. The van der Waals surface area contributed by atoms with Crippen molar-refractivity contribution in [3.05, 3.63) is 119 Å². The summed E-state index contributed by atoms with van der Waals surface area (Å²) in [6.07, 6.45) is -1.34. The lowest BCUT2D eigenvalue weighted by molar-refractivity contribution is -0.133. The molecule has 0 heterocycles. The molecule has 0 fully saturated rings. The van der Waals surface area contributed by atoms with E-state index in [9.17, 15) is 39.3 Å². The van der Waals surface area contributed by atoms with Crippen LogP contribution in [0.3, 0.4) is 0 Å². The first-order valence-electron chi connectivity index (χ1n) is 16.8. The van der Waals surface area contributed by atoms with E-state index < -0.39 is 53.9 Å². The standard InChI is InChI=1S/C39H41N5O8/c1-22(36(48)41-23(2)37(49)43-33(35(40)47)19-24-11-15-26(45)16-12-24)42-38(50)34(20-25-13-17-27(46)18-14-25)44(39(51)52)21-32-30-9-5-3-7-28(30)29-8-4-6-10-31(29)32/h3-18,22-23,32-34,45-46H,19-21H2,1-2H3,(H2,40,47)(H,41,48)(H,42,50)(H,43,49)(H,51,52)/t22-,23-,33-,34-/m0/s1. The van der Waals surface area contributed by atoms with Crippen molar-refractivity contribution in [2.75, 3.05) is 6.54 Å². The summed E-state index contributed by atoms with van der Waals surface area (Å²) in [6, 6.07) is 22.8. The molecule has 270 valence electrons. The Morgan fingerprint density at radius 2 is 1.10 bits per heavy atom. The van der Waals surface area contributed by atoms with E-state index in [2.05, 4.69) is 16.0 Å². The number of nitrogens with zero attached hydrogens (tertiary/aromatic N) is 1. The van der Waals surface area contributed by atoms with Gasteiger partial charge in [-0.25, -0.2) is 4.79 Å². The lowest BCUT2D eigenvalue weighted by atomic mass is 9.94. The molecular weight excluding hydrogens is 666 g/mol. The molecule has 13 nitrogen and oxygen atoms in total. The third-order valence-corrected chi connectivity index (χ3v) is 9.17. The minimum Gasteiger partial charge on any atom is -0.508 e. The van der Waals surface area contributed by atoms with E-state index >= 15 is 0 Å². The van der Waals surface area contributed by atoms with Gasteiger partial charge in [0.25, 0.3) is 0 Å². The number of hydrogen-bond acceptors (Lipinski definition) is 7. The number of carbonyl (C=O) groups is 5. The molecule has 1 aliphatic rings. The molecular formula is C39H41N5O8. The average molecular weight is 708 g/mol. The summed E-state index contributed by atoms with van der Waals surface area (Å²) >= 11 is 0. The van der Waals surface area contributed by atoms with Crippen molar-refractivity contribution in [3.8, 4) is 22.6 Å². The molecule has 0 radical (unpaired) electrons. The number of phenols is 2. The van der Waals surface area contributed by atoms with Crippen molar-refractivity contribution in [1.29, 1.82) is 0 Å². The fraction of sp³-hybridized carbons (Fsp3) is 0.256. The zero-order valence-electron chi connectivity index (χ0n) is 28.7. The SMILES string of the molecule is C[C@H](NC(=O)[C@H](C)NC(=O)[C@H](Cc1ccc(O)cc1)N(CC1c2ccccc2-c2ccccc21)C(=O)O)C(=O)N[C@@H](Cc1ccc(O)cc1)C(N)=O. The van der Waals surface area contributed by atoms with Gasteiger partial charge in [-0.3, -0.25) is 24.1 Å². The first-order valence-corrected chi connectivity index (χ1v) is 16.8. The molecule has 0 saturated heterocycles. The molecule has 4 atom stereocenters. The molecule has 5 rings (SSSR count). The monoisotopic (exact) mass is 707 g/mol. The van der Waals surface area contributed by atoms with Crippen molar-refractivity contribution in [1.82, 2.24) is 20.9 Å². The number of primary amides is 1. The topological polar surface area (TPSA) is 211 Å². The van der Waals surface area contributed by atoms with Crippen LogP contribution in [0.5, 0.6) is 11.5 Å². The first-order chi connectivity index (χ1) is 24.8. The van der Waals surface area contributed by atoms with Gasteiger partial charge in [0, 0.05) is 25.3 Å². The second kappa shape index (κ2) is 16.1. The molecule has 0 bridgehead atoms. The lowest BCUT2D eigenvalue weighted by Crippen LogP contribution is -2.58. The number of carboxylic acid groups (broad SMARTS) is 1. The average Bonchev–Trinajstić information content (AvgIpc) is 3.44. The van der Waals surface area contributed by atoms with Gasteiger partial charge in [0.05, 0.1) is 0 Å². The molecule has 0 aromatic heterocycles. The number of hydrogen-bond donors (Lipinski definition) is 7. The smallest absolute Gasteiger partial charge is 0.408 e. The van der Waals surface area contributed by atoms with Crippen molar-refractivity contribution >= 4 is 29.7 Å². The molecule has 52 heavy (non-hydrogen) atoms. The van der Waals surface area contributed by atoms with Crippen molar-refractivity contribution in [3.63, 3.8) is 0 Å². The quantitative estimate of drug-likeness (QED) is 0.103. The largest absolute Gasteiger partial charge is 0.508 e. The van der Waals surface area contributed by atoms with Crippen molar-refractivity contribution < 1.29 is 39.3 Å². The third-order valence-electron chi connectivity index (χ3n) is 9.17. The zero-order valence-corrected chi connectivity index (χ0v) is 28.7. The third kappa shape index (κ3) is 8.67. The second-order valence-corrected chi connectivity index (χ2v) is 12.8. The van der Waals surface area contributed by atoms with Crippen molar-refractivity contribution in [2.24, 2.45) is 5.73 Å². The van der Waals surface area contributed by atoms with Crippen LogP contribution in [0.1, 0.15) is 42.0 Å². The van der Waals surface area contributed by atoms with E-state index in [0.29, 0.717) is 11.1 Å². The Morgan fingerprint density at radius 3 is 1.58 bits per heavy atom. The fourth-order valence-electron chi connectivity index (χ4n) is 6.36. The van der Waals surface area contributed by atoms with Crippen LogP contribution < -0.4 is 21.7 Å². The summed E-state index contributed by atoms with van der Waals surface area (Å²) in [4.78, 5) is 66.3. The lowest BCUT2D eigenvalue weighted by Gasteiger charge is -2.32. The maximum absolute atomic E-state index is 14.0. The highest BCUT2D eigenvalue weighted by Gasteiger charge is 2.37. The van der Waals surface area contributed by atoms with Crippen LogP contribution in [0.15, 0.2) is 97.1 Å². The molecule has 0 saturated carbocycles. The van der Waals surface area contributed by atoms with Gasteiger partial charge >= 0.3 is 6.09 Å². The normalized spacial score (nSPS) is 14.1. The van der Waals surface area contributed by atoms with E-state index in [4.69, 9.17) is 5.73 Å². The number of fused-ring (bicyclic) bond motifs is 3. The van der Waals surface area contributed by atoms with Crippen LogP contribution in [0, 0.1) is 0 Å². The second-order valence-electron chi connectivity index (χ2n) is 12.8. The first kappa shape index (κ1) is 36.9. The number of aromatic hydroxyl groups is 2. The van der Waals surface area contributed by atoms with Gasteiger partial charge in [0.2, 0.25) is 23.6 Å².